The topological polar surface area (TPSA) is 49.9 Å². The molecule has 0 aliphatic carbocycles. The van der Waals surface area contributed by atoms with Crippen LogP contribution in [0.1, 0.15) is 6.42 Å². The number of hydrogen-bond acceptors (Lipinski definition) is 5. The molecule has 1 heterocycles. The molecule has 1 aliphatic rings. The van der Waals surface area contributed by atoms with Crippen LogP contribution in [0.15, 0.2) is 29.2 Å². The molecule has 1 fully saturated rings. The monoisotopic (exact) mass is 344 g/mol. The summed E-state index contributed by atoms with van der Waals surface area (Å²) in [5.41, 5.74) is 0. The van der Waals surface area contributed by atoms with Crippen molar-refractivity contribution in [3.05, 3.63) is 24.3 Å². The number of hydrogen-bond donors (Lipinski definition) is 0. The molecule has 0 radical (unpaired) electrons. The van der Waals surface area contributed by atoms with Crippen LogP contribution in [0.5, 0.6) is 5.75 Å². The molecule has 0 bridgehead atoms. The second-order valence-electron chi connectivity index (χ2n) is 5.61. The van der Waals surface area contributed by atoms with Gasteiger partial charge in [-0.05, 0) is 38.4 Å². The zero-order valence-electron chi connectivity index (χ0n) is 13.4. The van der Waals surface area contributed by atoms with Crippen molar-refractivity contribution in [1.82, 2.24) is 9.21 Å². The van der Waals surface area contributed by atoms with Crippen molar-refractivity contribution in [1.29, 1.82) is 0 Å². The number of nitrogens with zero attached hydrogens (tertiary/aromatic N) is 2. The molecule has 0 saturated carbocycles. The van der Waals surface area contributed by atoms with E-state index in [1.54, 1.807) is 28.6 Å². The third-order valence-corrected chi connectivity index (χ3v) is 6.81. The summed E-state index contributed by atoms with van der Waals surface area (Å²) in [6.45, 7) is 1.28. The van der Waals surface area contributed by atoms with E-state index in [4.69, 9.17) is 4.74 Å². The maximum absolute atomic E-state index is 13.1. The summed E-state index contributed by atoms with van der Waals surface area (Å²) in [5.74, 6) is 2.23. The number of benzene rings is 1. The summed E-state index contributed by atoms with van der Waals surface area (Å²) in [5, 5.41) is 0. The molecule has 22 heavy (non-hydrogen) atoms. The van der Waals surface area contributed by atoms with Crippen LogP contribution in [0.3, 0.4) is 0 Å². The highest BCUT2D eigenvalue weighted by molar-refractivity contribution is 7.99. The minimum atomic E-state index is -3.55. The van der Waals surface area contributed by atoms with Crippen LogP contribution in [-0.2, 0) is 10.0 Å². The van der Waals surface area contributed by atoms with Crippen LogP contribution < -0.4 is 4.74 Å². The van der Waals surface area contributed by atoms with Crippen LogP contribution in [-0.4, -0.2) is 69.5 Å². The first-order chi connectivity index (χ1) is 10.5. The highest BCUT2D eigenvalue weighted by Crippen LogP contribution is 2.30. The number of thioether (sulfide) groups is 1. The molecule has 1 atom stereocenters. The van der Waals surface area contributed by atoms with E-state index >= 15 is 0 Å². The first-order valence-corrected chi connectivity index (χ1v) is 9.93. The molecule has 1 aliphatic heterocycles. The van der Waals surface area contributed by atoms with Gasteiger partial charge in [0.1, 0.15) is 10.6 Å². The zero-order valence-corrected chi connectivity index (χ0v) is 15.0. The summed E-state index contributed by atoms with van der Waals surface area (Å²) in [4.78, 5) is 2.30. The van der Waals surface area contributed by atoms with Gasteiger partial charge in [0, 0.05) is 24.9 Å². The van der Waals surface area contributed by atoms with Gasteiger partial charge >= 0.3 is 0 Å². The molecular formula is C15H24N2O3S2. The first-order valence-electron chi connectivity index (χ1n) is 7.34. The van der Waals surface area contributed by atoms with Crippen molar-refractivity contribution in [2.45, 2.75) is 17.4 Å². The Labute approximate surface area is 137 Å². The van der Waals surface area contributed by atoms with Crippen LogP contribution in [0.4, 0.5) is 0 Å². The minimum absolute atomic E-state index is 0.0163. The standard InChI is InChI=1S/C15H24N2O3S2/c1-16(2)11-13-12-21-10-6-9-17(13)22(18,19)15-8-5-4-7-14(15)20-3/h4-5,7-8,13H,6,9-12H2,1-3H3/t13-/m1/s1. The Morgan fingerprint density at radius 2 is 2.09 bits per heavy atom. The second-order valence-corrected chi connectivity index (χ2v) is 8.62. The second kappa shape index (κ2) is 7.68. The van der Waals surface area contributed by atoms with Gasteiger partial charge in [-0.1, -0.05) is 12.1 Å². The fourth-order valence-electron chi connectivity index (χ4n) is 2.65. The van der Waals surface area contributed by atoms with Gasteiger partial charge in [-0.2, -0.15) is 16.1 Å². The van der Waals surface area contributed by atoms with E-state index < -0.39 is 10.0 Å². The van der Waals surface area contributed by atoms with E-state index in [1.807, 2.05) is 30.8 Å². The molecule has 1 aromatic carbocycles. The van der Waals surface area contributed by atoms with Crippen molar-refractivity contribution in [2.24, 2.45) is 0 Å². The van der Waals surface area contributed by atoms with E-state index in [1.165, 1.54) is 7.11 Å². The van der Waals surface area contributed by atoms with E-state index in [-0.39, 0.29) is 10.9 Å². The molecule has 1 saturated heterocycles. The largest absolute Gasteiger partial charge is 0.495 e. The van der Waals surface area contributed by atoms with Gasteiger partial charge in [-0.3, -0.25) is 0 Å². The molecule has 124 valence electrons. The average Bonchev–Trinajstić information content (AvgIpc) is 2.72. The molecular weight excluding hydrogens is 320 g/mol. The number of ether oxygens (including phenoxy) is 1. The molecule has 5 nitrogen and oxygen atoms in total. The van der Waals surface area contributed by atoms with Crippen molar-refractivity contribution >= 4 is 21.8 Å². The Balaban J connectivity index is 2.39. The summed E-state index contributed by atoms with van der Waals surface area (Å²) in [6, 6.07) is 6.83. The number of para-hydroxylation sites is 1. The van der Waals surface area contributed by atoms with E-state index in [0.29, 0.717) is 12.3 Å². The van der Waals surface area contributed by atoms with Gasteiger partial charge in [0.05, 0.1) is 7.11 Å². The lowest BCUT2D eigenvalue weighted by molar-refractivity contribution is 0.270. The Kier molecular flexibility index (Phi) is 6.14. The fourth-order valence-corrected chi connectivity index (χ4v) is 5.61. The van der Waals surface area contributed by atoms with Gasteiger partial charge in [0.2, 0.25) is 10.0 Å². The normalized spacial score (nSPS) is 20.8. The summed E-state index contributed by atoms with van der Waals surface area (Å²) in [7, 11) is 1.90. The van der Waals surface area contributed by atoms with Crippen molar-refractivity contribution in [3.63, 3.8) is 0 Å². The highest BCUT2D eigenvalue weighted by atomic mass is 32.2. The summed E-state index contributed by atoms with van der Waals surface area (Å²) < 4.78 is 33.2. The Morgan fingerprint density at radius 3 is 2.77 bits per heavy atom. The van der Waals surface area contributed by atoms with Gasteiger partial charge < -0.3 is 9.64 Å². The number of methoxy groups -OCH3 is 1. The highest BCUT2D eigenvalue weighted by Gasteiger charge is 2.34. The Morgan fingerprint density at radius 1 is 1.36 bits per heavy atom. The molecule has 1 aromatic rings. The lowest BCUT2D eigenvalue weighted by Gasteiger charge is -2.31. The third kappa shape index (κ3) is 3.95. The van der Waals surface area contributed by atoms with Crippen LogP contribution in [0.25, 0.3) is 0 Å². The predicted octanol–water partition coefficient (Wildman–Crippen LogP) is 1.75. The number of likely N-dealkylation sites (N-methyl/N-ethyl adjacent to an activating group) is 1. The van der Waals surface area contributed by atoms with Crippen LogP contribution in [0, 0.1) is 0 Å². The van der Waals surface area contributed by atoms with E-state index in [0.717, 1.165) is 24.5 Å². The third-order valence-electron chi connectivity index (χ3n) is 3.62. The molecule has 0 unspecified atom stereocenters. The summed E-state index contributed by atoms with van der Waals surface area (Å²) in [6.07, 6.45) is 0.878. The summed E-state index contributed by atoms with van der Waals surface area (Å²) >= 11 is 1.83. The molecule has 0 spiro atoms. The van der Waals surface area contributed by atoms with Crippen molar-refractivity contribution in [2.75, 3.05) is 45.8 Å². The molecule has 0 aromatic heterocycles. The van der Waals surface area contributed by atoms with Crippen LogP contribution >= 0.6 is 11.8 Å². The quantitative estimate of drug-likeness (QED) is 0.814. The average molecular weight is 345 g/mol. The van der Waals surface area contributed by atoms with E-state index in [2.05, 4.69) is 0 Å². The van der Waals surface area contributed by atoms with Gasteiger partial charge in [0.15, 0.2) is 0 Å². The SMILES string of the molecule is COc1ccccc1S(=O)(=O)N1CCCSC[C@H]1CN(C)C. The Bertz CT molecular complexity index is 590. The van der Waals surface area contributed by atoms with E-state index in [9.17, 15) is 8.42 Å². The van der Waals surface area contributed by atoms with Crippen molar-refractivity contribution in [3.8, 4) is 5.75 Å². The first kappa shape index (κ1) is 17.6. The predicted molar refractivity (Wildman–Crippen MR) is 91.2 cm³/mol. The van der Waals surface area contributed by atoms with Gasteiger partial charge in [-0.25, -0.2) is 8.42 Å². The van der Waals surface area contributed by atoms with Gasteiger partial charge in [-0.15, -0.1) is 0 Å². The number of rotatable bonds is 5. The number of sulfonamides is 1. The smallest absolute Gasteiger partial charge is 0.247 e. The maximum atomic E-state index is 13.1. The maximum Gasteiger partial charge on any atom is 0.247 e. The van der Waals surface area contributed by atoms with Crippen molar-refractivity contribution < 1.29 is 13.2 Å². The molecule has 2 rings (SSSR count). The lowest BCUT2D eigenvalue weighted by Crippen LogP contribution is -2.46. The fraction of sp³-hybridized carbons (Fsp3) is 0.600. The zero-order chi connectivity index (χ0) is 16.2. The lowest BCUT2D eigenvalue weighted by atomic mass is 10.3. The van der Waals surface area contributed by atoms with Crippen LogP contribution in [0.2, 0.25) is 0 Å². The molecule has 0 amide bonds. The molecule has 0 N–H and O–H groups in total. The van der Waals surface area contributed by atoms with Gasteiger partial charge in [0.25, 0.3) is 0 Å². The Hall–Kier alpha value is -0.760. The molecule has 7 heteroatoms. The minimum Gasteiger partial charge on any atom is -0.495 e.